The third kappa shape index (κ3) is 3.39. The van der Waals surface area contributed by atoms with Gasteiger partial charge in [-0.15, -0.1) is 0 Å². The molecule has 2 amide bonds. The van der Waals surface area contributed by atoms with E-state index in [1.54, 1.807) is 47.5 Å². The Bertz CT molecular complexity index is 649. The van der Waals surface area contributed by atoms with Crippen molar-refractivity contribution in [2.24, 2.45) is 0 Å². The van der Waals surface area contributed by atoms with Crippen LogP contribution >= 0.6 is 0 Å². The molecule has 6 heteroatoms. The SMILES string of the molecule is CO[Si](C)(N(C)C(=O)c1ccccc1)N(C)C(=O)c1ccccc1. The molecule has 0 saturated carbocycles. The van der Waals surface area contributed by atoms with Gasteiger partial charge in [0.1, 0.15) is 0 Å². The molecule has 0 fully saturated rings. The highest BCUT2D eigenvalue weighted by atomic mass is 28.4. The van der Waals surface area contributed by atoms with Crippen LogP contribution < -0.4 is 0 Å². The van der Waals surface area contributed by atoms with E-state index in [1.165, 1.54) is 7.11 Å². The third-order valence-electron chi connectivity index (χ3n) is 4.28. The maximum atomic E-state index is 12.8. The summed E-state index contributed by atoms with van der Waals surface area (Å²) in [6.45, 7) is 1.83. The van der Waals surface area contributed by atoms with Crippen LogP contribution in [0.1, 0.15) is 20.7 Å². The number of nitrogens with zero attached hydrogens (tertiary/aromatic N) is 2. The summed E-state index contributed by atoms with van der Waals surface area (Å²) in [5.41, 5.74) is 1.13. The van der Waals surface area contributed by atoms with Crippen LogP contribution in [0.25, 0.3) is 0 Å². The van der Waals surface area contributed by atoms with Crippen LogP contribution in [-0.2, 0) is 4.43 Å². The fourth-order valence-electron chi connectivity index (χ4n) is 2.42. The highest BCUT2D eigenvalue weighted by Gasteiger charge is 2.45. The molecule has 0 radical (unpaired) electrons. The fourth-order valence-corrected chi connectivity index (χ4v) is 4.43. The van der Waals surface area contributed by atoms with E-state index in [4.69, 9.17) is 4.43 Å². The first-order valence-corrected chi connectivity index (χ1v) is 9.93. The van der Waals surface area contributed by atoms with Gasteiger partial charge in [-0.1, -0.05) is 36.4 Å². The molecule has 0 N–H and O–H groups in total. The Labute approximate surface area is 143 Å². The zero-order valence-corrected chi connectivity index (χ0v) is 15.4. The topological polar surface area (TPSA) is 49.9 Å². The maximum absolute atomic E-state index is 12.8. The van der Waals surface area contributed by atoms with Gasteiger partial charge in [0.2, 0.25) is 11.8 Å². The van der Waals surface area contributed by atoms with E-state index in [-0.39, 0.29) is 11.8 Å². The zero-order chi connectivity index (χ0) is 17.7. The van der Waals surface area contributed by atoms with Crippen LogP contribution in [0, 0.1) is 0 Å². The van der Waals surface area contributed by atoms with Crippen LogP contribution in [0.2, 0.25) is 6.55 Å². The summed E-state index contributed by atoms with van der Waals surface area (Å²) in [6, 6.07) is 18.0. The van der Waals surface area contributed by atoms with Crippen molar-refractivity contribution in [3.8, 4) is 0 Å². The molecule has 0 saturated heterocycles. The van der Waals surface area contributed by atoms with Crippen molar-refractivity contribution in [1.29, 1.82) is 0 Å². The van der Waals surface area contributed by atoms with Crippen molar-refractivity contribution < 1.29 is 14.0 Å². The van der Waals surface area contributed by atoms with Gasteiger partial charge in [-0.2, -0.15) is 0 Å². The van der Waals surface area contributed by atoms with E-state index >= 15 is 0 Å². The minimum atomic E-state index is -2.95. The normalized spacial score (nSPS) is 11.0. The summed E-state index contributed by atoms with van der Waals surface area (Å²) in [6.07, 6.45) is 0. The molecule has 0 unspecified atom stereocenters. The third-order valence-corrected chi connectivity index (χ3v) is 7.95. The number of carbonyl (C=O) groups excluding carboxylic acids is 2. The molecule has 24 heavy (non-hydrogen) atoms. The lowest BCUT2D eigenvalue weighted by Crippen LogP contribution is -2.66. The van der Waals surface area contributed by atoms with Gasteiger partial charge < -0.3 is 13.6 Å². The Balaban J connectivity index is 2.29. The molecule has 0 aliphatic rings. The predicted molar refractivity (Wildman–Crippen MR) is 95.7 cm³/mol. The van der Waals surface area contributed by atoms with Crippen LogP contribution in [0.3, 0.4) is 0 Å². The highest BCUT2D eigenvalue weighted by molar-refractivity contribution is 6.71. The zero-order valence-electron chi connectivity index (χ0n) is 14.4. The highest BCUT2D eigenvalue weighted by Crippen LogP contribution is 2.19. The molecule has 2 rings (SSSR count). The van der Waals surface area contributed by atoms with Gasteiger partial charge in [0.25, 0.3) is 0 Å². The minimum absolute atomic E-state index is 0.167. The minimum Gasteiger partial charge on any atom is -0.386 e. The number of benzene rings is 2. The summed E-state index contributed by atoms with van der Waals surface area (Å²) in [5, 5.41) is 0. The maximum Gasteiger partial charge on any atom is 0.420 e. The lowest BCUT2D eigenvalue weighted by molar-refractivity contribution is 0.0769. The quantitative estimate of drug-likeness (QED) is 0.785. The van der Waals surface area contributed by atoms with Crippen LogP contribution in [0.4, 0.5) is 0 Å². The number of rotatable bonds is 5. The number of amides is 2. The van der Waals surface area contributed by atoms with E-state index in [0.29, 0.717) is 11.1 Å². The van der Waals surface area contributed by atoms with E-state index in [1.807, 2.05) is 42.9 Å². The van der Waals surface area contributed by atoms with Crippen LogP contribution in [-0.4, -0.2) is 50.8 Å². The molecule has 0 bridgehead atoms. The lowest BCUT2D eigenvalue weighted by Gasteiger charge is -2.40. The van der Waals surface area contributed by atoms with Gasteiger partial charge in [0.15, 0.2) is 0 Å². The fraction of sp³-hybridized carbons (Fsp3) is 0.222. The van der Waals surface area contributed by atoms with Gasteiger partial charge in [0, 0.05) is 32.3 Å². The summed E-state index contributed by atoms with van der Waals surface area (Å²) >= 11 is 0. The Morgan fingerprint density at radius 1 is 0.792 bits per heavy atom. The van der Waals surface area contributed by atoms with Gasteiger partial charge in [-0.3, -0.25) is 9.59 Å². The first-order valence-electron chi connectivity index (χ1n) is 7.63. The summed E-state index contributed by atoms with van der Waals surface area (Å²) < 4.78 is 8.81. The average Bonchev–Trinajstić information content (AvgIpc) is 2.66. The molecule has 5 nitrogen and oxygen atoms in total. The van der Waals surface area contributed by atoms with Crippen LogP contribution in [0.5, 0.6) is 0 Å². The molecule has 0 aliphatic carbocycles. The Morgan fingerprint density at radius 2 is 1.12 bits per heavy atom. The second kappa shape index (κ2) is 7.42. The van der Waals surface area contributed by atoms with E-state index in [9.17, 15) is 9.59 Å². The second-order valence-electron chi connectivity index (χ2n) is 5.60. The van der Waals surface area contributed by atoms with Gasteiger partial charge >= 0.3 is 8.64 Å². The van der Waals surface area contributed by atoms with Crippen molar-refractivity contribution in [2.75, 3.05) is 21.2 Å². The van der Waals surface area contributed by atoms with Gasteiger partial charge in [0.05, 0.1) is 0 Å². The van der Waals surface area contributed by atoms with Gasteiger partial charge in [-0.25, -0.2) is 0 Å². The standard InChI is InChI=1S/C18H22N2O3Si/c1-19(17(21)15-11-7-5-8-12-15)24(4,23-3)20(2)18(22)16-13-9-6-10-14-16/h5-14H,1-4H3. The van der Waals surface area contributed by atoms with Crippen LogP contribution in [0.15, 0.2) is 60.7 Å². The Hall–Kier alpha value is -2.44. The molecule has 0 aliphatic heterocycles. The van der Waals surface area contributed by atoms with E-state index in [2.05, 4.69) is 0 Å². The van der Waals surface area contributed by atoms with Crippen molar-refractivity contribution >= 4 is 20.5 Å². The molecule has 126 valence electrons. The lowest BCUT2D eigenvalue weighted by atomic mass is 10.2. The summed E-state index contributed by atoms with van der Waals surface area (Å²) in [7, 11) is 1.94. The molecule has 0 spiro atoms. The number of hydrogen-bond acceptors (Lipinski definition) is 3. The van der Waals surface area contributed by atoms with Gasteiger partial charge in [-0.05, 0) is 30.8 Å². The smallest absolute Gasteiger partial charge is 0.386 e. The molecular formula is C18H22N2O3Si. The van der Waals surface area contributed by atoms with Crippen molar-refractivity contribution in [3.05, 3.63) is 71.8 Å². The largest absolute Gasteiger partial charge is 0.420 e. The van der Waals surface area contributed by atoms with E-state index in [0.717, 1.165) is 0 Å². The molecular weight excluding hydrogens is 320 g/mol. The Morgan fingerprint density at radius 3 is 1.42 bits per heavy atom. The monoisotopic (exact) mass is 342 g/mol. The summed E-state index contributed by atoms with van der Waals surface area (Å²) in [4.78, 5) is 25.5. The second-order valence-corrected chi connectivity index (χ2v) is 9.22. The molecule has 2 aromatic rings. The number of hydrogen-bond donors (Lipinski definition) is 0. The van der Waals surface area contributed by atoms with E-state index < -0.39 is 8.64 Å². The molecule has 0 aromatic heterocycles. The summed E-state index contributed by atoms with van der Waals surface area (Å²) in [5.74, 6) is -0.335. The number of carbonyl (C=O) groups is 2. The van der Waals surface area contributed by atoms with Crippen molar-refractivity contribution in [3.63, 3.8) is 0 Å². The van der Waals surface area contributed by atoms with Crippen molar-refractivity contribution in [2.45, 2.75) is 6.55 Å². The molecule has 2 aromatic carbocycles. The van der Waals surface area contributed by atoms with Crippen molar-refractivity contribution in [1.82, 2.24) is 9.13 Å². The molecule has 0 atom stereocenters. The first-order chi connectivity index (χ1) is 11.4. The molecule has 0 heterocycles. The first kappa shape index (κ1) is 17.9. The predicted octanol–water partition coefficient (Wildman–Crippen LogP) is 2.75. The Kier molecular flexibility index (Phi) is 5.53. The average molecular weight is 342 g/mol.